The Morgan fingerprint density at radius 3 is 2.84 bits per heavy atom. The molecule has 1 aliphatic rings. The number of carbonyl (C=O) groups is 1. The van der Waals surface area contributed by atoms with E-state index in [2.05, 4.69) is 5.32 Å². The molecule has 3 N–H and O–H groups in total. The van der Waals surface area contributed by atoms with Gasteiger partial charge in [0.1, 0.15) is 0 Å². The van der Waals surface area contributed by atoms with Crippen LogP contribution in [0.4, 0.5) is 10.1 Å². The topological polar surface area (TPSA) is 64.3 Å². The Balaban J connectivity index is 0.00000225. The van der Waals surface area contributed by atoms with Gasteiger partial charge >= 0.3 is 0 Å². The van der Waals surface area contributed by atoms with E-state index in [1.165, 1.54) is 24.8 Å². The van der Waals surface area contributed by atoms with Crippen molar-refractivity contribution < 1.29 is 13.9 Å². The third kappa shape index (κ3) is 4.42. The zero-order chi connectivity index (χ0) is 17.1. The van der Waals surface area contributed by atoms with Crippen molar-refractivity contribution in [3.05, 3.63) is 58.9 Å². The quantitative estimate of drug-likeness (QED) is 0.815. The van der Waals surface area contributed by atoms with Gasteiger partial charge in [-0.05, 0) is 60.2 Å². The van der Waals surface area contributed by atoms with Gasteiger partial charge in [0.2, 0.25) is 5.91 Å². The van der Waals surface area contributed by atoms with E-state index in [4.69, 9.17) is 10.5 Å². The van der Waals surface area contributed by atoms with Crippen LogP contribution in [0.1, 0.15) is 35.6 Å². The molecule has 0 aromatic heterocycles. The van der Waals surface area contributed by atoms with Crippen molar-refractivity contribution in [2.24, 2.45) is 0 Å². The van der Waals surface area contributed by atoms with Crippen molar-refractivity contribution in [2.75, 3.05) is 12.8 Å². The molecule has 1 aliphatic carbocycles. The van der Waals surface area contributed by atoms with E-state index < -0.39 is 5.82 Å². The van der Waals surface area contributed by atoms with E-state index in [-0.39, 0.29) is 36.5 Å². The Hall–Kier alpha value is -2.27. The molecule has 1 atom stereocenters. The minimum absolute atomic E-state index is 0. The average molecular weight is 365 g/mol. The summed E-state index contributed by atoms with van der Waals surface area (Å²) in [7, 11) is 1.41. The molecule has 0 aliphatic heterocycles. The second-order valence-electron chi connectivity index (χ2n) is 6.12. The van der Waals surface area contributed by atoms with Crippen LogP contribution >= 0.6 is 12.4 Å². The van der Waals surface area contributed by atoms with E-state index in [9.17, 15) is 9.18 Å². The first-order valence-corrected chi connectivity index (χ1v) is 8.07. The summed E-state index contributed by atoms with van der Waals surface area (Å²) >= 11 is 0. The number of hydrogen-bond acceptors (Lipinski definition) is 3. The first kappa shape index (κ1) is 19.1. The summed E-state index contributed by atoms with van der Waals surface area (Å²) in [5, 5.41) is 3.06. The predicted octanol–water partition coefficient (Wildman–Crippen LogP) is 3.57. The molecule has 3 rings (SSSR count). The smallest absolute Gasteiger partial charge is 0.224 e. The van der Waals surface area contributed by atoms with Gasteiger partial charge in [0.05, 0.1) is 19.6 Å². The molecule has 0 saturated heterocycles. The van der Waals surface area contributed by atoms with Crippen LogP contribution in [0.15, 0.2) is 36.4 Å². The number of carbonyl (C=O) groups excluding carboxylic acids is 1. The summed E-state index contributed by atoms with van der Waals surface area (Å²) in [5.41, 5.74) is 9.53. The van der Waals surface area contributed by atoms with Crippen LogP contribution in [0.2, 0.25) is 0 Å². The van der Waals surface area contributed by atoms with E-state index >= 15 is 0 Å². The minimum atomic E-state index is -0.457. The van der Waals surface area contributed by atoms with Crippen molar-refractivity contribution in [3.63, 3.8) is 0 Å². The van der Waals surface area contributed by atoms with Crippen molar-refractivity contribution in [1.82, 2.24) is 5.32 Å². The Kier molecular flexibility index (Phi) is 6.26. The summed E-state index contributed by atoms with van der Waals surface area (Å²) in [4.78, 5) is 12.3. The predicted molar refractivity (Wildman–Crippen MR) is 98.6 cm³/mol. The Morgan fingerprint density at radius 2 is 2.12 bits per heavy atom. The monoisotopic (exact) mass is 364 g/mol. The molecule has 6 heteroatoms. The molecule has 4 nitrogen and oxygen atoms in total. The number of nitrogens with two attached hydrogens (primary N) is 1. The number of halogens is 2. The maximum Gasteiger partial charge on any atom is 0.224 e. The lowest BCUT2D eigenvalue weighted by atomic mass is 9.87. The van der Waals surface area contributed by atoms with E-state index in [1.807, 2.05) is 18.2 Å². The van der Waals surface area contributed by atoms with Crippen molar-refractivity contribution in [3.8, 4) is 5.75 Å². The zero-order valence-corrected chi connectivity index (χ0v) is 14.9. The number of nitrogen functional groups attached to an aromatic ring is 1. The third-order valence-electron chi connectivity index (χ3n) is 4.40. The van der Waals surface area contributed by atoms with Crippen LogP contribution in [-0.2, 0) is 17.6 Å². The number of benzene rings is 2. The van der Waals surface area contributed by atoms with E-state index in [1.54, 1.807) is 6.07 Å². The lowest BCUT2D eigenvalue weighted by Crippen LogP contribution is -2.32. The van der Waals surface area contributed by atoms with Gasteiger partial charge in [-0.25, -0.2) is 4.39 Å². The molecule has 0 heterocycles. The number of methoxy groups -OCH3 is 1. The number of nitrogens with one attached hydrogen (secondary N) is 1. The normalized spacial score (nSPS) is 15.7. The summed E-state index contributed by atoms with van der Waals surface area (Å²) in [6.45, 7) is 0. The van der Waals surface area contributed by atoms with Gasteiger partial charge in [0.25, 0.3) is 0 Å². The van der Waals surface area contributed by atoms with Gasteiger partial charge in [0.15, 0.2) is 11.6 Å². The molecule has 0 fully saturated rings. The standard InChI is InChI=1S/C19H21FN2O2.ClH/c1-24-18-8-5-12(9-16(18)20)10-19(23)22-17-4-2-3-13-11-14(21)6-7-15(13)17;/h5-9,11,17H,2-4,10,21H2,1H3,(H,22,23);1H. The first-order valence-electron chi connectivity index (χ1n) is 8.07. The summed E-state index contributed by atoms with van der Waals surface area (Å²) < 4.78 is 18.6. The lowest BCUT2D eigenvalue weighted by Gasteiger charge is -2.26. The van der Waals surface area contributed by atoms with E-state index in [0.717, 1.165) is 30.5 Å². The second-order valence-corrected chi connectivity index (χ2v) is 6.12. The van der Waals surface area contributed by atoms with Gasteiger partial charge in [-0.3, -0.25) is 4.79 Å². The SMILES string of the molecule is COc1ccc(CC(=O)NC2CCCc3cc(N)ccc32)cc1F.Cl. The summed E-state index contributed by atoms with van der Waals surface area (Å²) in [6, 6.07) is 10.4. The van der Waals surface area contributed by atoms with Gasteiger partial charge in [-0.1, -0.05) is 12.1 Å². The molecule has 1 amide bonds. The van der Waals surface area contributed by atoms with Crippen molar-refractivity contribution in [1.29, 1.82) is 0 Å². The average Bonchev–Trinajstić information content (AvgIpc) is 2.55. The second kappa shape index (κ2) is 8.21. The maximum absolute atomic E-state index is 13.7. The summed E-state index contributed by atoms with van der Waals surface area (Å²) in [6.07, 6.45) is 3.04. The molecule has 134 valence electrons. The van der Waals surface area contributed by atoms with E-state index in [0.29, 0.717) is 5.56 Å². The molecule has 1 unspecified atom stereocenters. The van der Waals surface area contributed by atoms with Gasteiger partial charge in [0, 0.05) is 5.69 Å². The fourth-order valence-electron chi connectivity index (χ4n) is 3.23. The highest BCUT2D eigenvalue weighted by molar-refractivity contribution is 5.85. The molecule has 2 aromatic rings. The molecular weight excluding hydrogens is 343 g/mol. The Morgan fingerprint density at radius 1 is 1.32 bits per heavy atom. The summed E-state index contributed by atoms with van der Waals surface area (Å²) in [5.74, 6) is -0.395. The van der Waals surface area contributed by atoms with Crippen LogP contribution < -0.4 is 15.8 Å². The van der Waals surface area contributed by atoms with Gasteiger partial charge in [-0.2, -0.15) is 0 Å². The lowest BCUT2D eigenvalue weighted by molar-refractivity contribution is -0.121. The zero-order valence-electron chi connectivity index (χ0n) is 14.0. The Bertz CT molecular complexity index is 767. The molecule has 0 saturated carbocycles. The minimum Gasteiger partial charge on any atom is -0.494 e. The van der Waals surface area contributed by atoms with Crippen molar-refractivity contribution >= 4 is 24.0 Å². The van der Waals surface area contributed by atoms with Crippen LogP contribution in [0, 0.1) is 5.82 Å². The number of aryl methyl sites for hydroxylation is 1. The molecule has 0 bridgehead atoms. The first-order chi connectivity index (χ1) is 11.6. The fourth-order valence-corrected chi connectivity index (χ4v) is 3.23. The van der Waals surface area contributed by atoms with Gasteiger partial charge in [-0.15, -0.1) is 12.4 Å². The molecule has 2 aromatic carbocycles. The largest absolute Gasteiger partial charge is 0.494 e. The highest BCUT2D eigenvalue weighted by Gasteiger charge is 2.22. The number of rotatable bonds is 4. The van der Waals surface area contributed by atoms with Crippen LogP contribution in [-0.4, -0.2) is 13.0 Å². The molecule has 25 heavy (non-hydrogen) atoms. The molecular formula is C19H22ClFN2O2. The number of anilines is 1. The molecule has 0 spiro atoms. The van der Waals surface area contributed by atoms with Crippen LogP contribution in [0.25, 0.3) is 0 Å². The maximum atomic E-state index is 13.7. The Labute approximate surface area is 153 Å². The fraction of sp³-hybridized carbons (Fsp3) is 0.316. The number of ether oxygens (including phenoxy) is 1. The number of hydrogen-bond donors (Lipinski definition) is 2. The third-order valence-corrected chi connectivity index (χ3v) is 4.40. The number of fused-ring (bicyclic) bond motifs is 1. The van der Waals surface area contributed by atoms with Gasteiger partial charge < -0.3 is 15.8 Å². The van der Waals surface area contributed by atoms with Crippen molar-refractivity contribution in [2.45, 2.75) is 31.7 Å². The highest BCUT2D eigenvalue weighted by atomic mass is 35.5. The molecule has 0 radical (unpaired) electrons. The highest BCUT2D eigenvalue weighted by Crippen LogP contribution is 2.31. The number of amides is 1. The van der Waals surface area contributed by atoms with Crippen LogP contribution in [0.3, 0.4) is 0 Å². The van der Waals surface area contributed by atoms with Crippen LogP contribution in [0.5, 0.6) is 5.75 Å².